The third kappa shape index (κ3) is 8.53. The van der Waals surface area contributed by atoms with Gasteiger partial charge < -0.3 is 25.6 Å². The van der Waals surface area contributed by atoms with Gasteiger partial charge in [-0.15, -0.1) is 10.2 Å². The third-order valence-corrected chi connectivity index (χ3v) is 9.04. The number of fused-ring (bicyclic) bond motifs is 1. The number of azo groups is 1. The second-order valence-corrected chi connectivity index (χ2v) is 13.2. The average Bonchev–Trinajstić information content (AvgIpc) is 3.05. The molecule has 49 heavy (non-hydrogen) atoms. The van der Waals surface area contributed by atoms with Crippen molar-refractivity contribution in [2.45, 2.75) is 35.5 Å². The van der Waals surface area contributed by atoms with Crippen LogP contribution < -0.4 is 20.5 Å². The first-order valence-corrected chi connectivity index (χ1v) is 17.2. The van der Waals surface area contributed by atoms with Crippen molar-refractivity contribution in [3.8, 4) is 28.4 Å². The number of carbonyl (C=O) groups is 1. The van der Waals surface area contributed by atoms with Crippen molar-refractivity contribution in [3.63, 3.8) is 0 Å². The highest BCUT2D eigenvalue weighted by Gasteiger charge is 2.26. The van der Waals surface area contributed by atoms with Crippen molar-refractivity contribution < 1.29 is 45.3 Å². The Morgan fingerprint density at radius 3 is 2.10 bits per heavy atom. The zero-order chi connectivity index (χ0) is 35.9. The fourth-order valence-electron chi connectivity index (χ4n) is 4.89. The van der Waals surface area contributed by atoms with E-state index >= 15 is 0 Å². The molecule has 0 atom stereocenters. The molecule has 0 aliphatic carbocycles. The third-order valence-electron chi connectivity index (χ3n) is 7.25. The minimum absolute atomic E-state index is 0.191. The van der Waals surface area contributed by atoms with Crippen LogP contribution in [0, 0.1) is 0 Å². The van der Waals surface area contributed by atoms with Crippen LogP contribution in [-0.4, -0.2) is 57.7 Å². The summed E-state index contributed by atoms with van der Waals surface area (Å²) in [6.45, 7) is 0.386. The predicted octanol–water partition coefficient (Wildman–Crippen LogP) is 6.53. The Balaban J connectivity index is 1.61. The fourth-order valence-corrected chi connectivity index (χ4v) is 6.32. The summed E-state index contributed by atoms with van der Waals surface area (Å²) in [7, 11) is -7.22. The van der Waals surface area contributed by atoms with Gasteiger partial charge in [0.2, 0.25) is 5.91 Å². The smallest absolute Gasteiger partial charge is 0.296 e. The maximum atomic E-state index is 12.4. The maximum Gasteiger partial charge on any atom is 0.296 e. The van der Waals surface area contributed by atoms with Crippen LogP contribution in [0.4, 0.5) is 22.7 Å². The number of unbranched alkanes of at least 4 members (excludes halogenated alkanes) is 2. The van der Waals surface area contributed by atoms with Crippen LogP contribution in [0.3, 0.4) is 0 Å². The molecule has 6 N–H and O–H groups in total. The number of aromatic hydroxyl groups is 1. The summed E-state index contributed by atoms with van der Waals surface area (Å²) >= 11 is 0. The van der Waals surface area contributed by atoms with Crippen molar-refractivity contribution in [3.05, 3.63) is 65.0 Å². The van der Waals surface area contributed by atoms with Crippen LogP contribution in [0.25, 0.3) is 32.3 Å². The molecule has 4 aromatic rings. The van der Waals surface area contributed by atoms with E-state index in [4.69, 9.17) is 20.7 Å². The zero-order valence-electron chi connectivity index (χ0n) is 26.1. The molecule has 4 aromatic carbocycles. The second kappa shape index (κ2) is 15.2. The molecule has 1 amide bonds. The van der Waals surface area contributed by atoms with Crippen molar-refractivity contribution in [2.75, 3.05) is 31.8 Å². The number of carbonyl (C=O) groups excluding carboxylic acids is 1. The number of rotatable bonds is 14. The van der Waals surface area contributed by atoms with Crippen LogP contribution in [0.2, 0.25) is 0 Å². The molecule has 258 valence electrons. The lowest BCUT2D eigenvalue weighted by Gasteiger charge is -2.13. The van der Waals surface area contributed by atoms with E-state index in [1.165, 1.54) is 20.3 Å². The van der Waals surface area contributed by atoms with Gasteiger partial charge in [0.1, 0.15) is 32.7 Å². The largest absolute Gasteiger partial charge is 0.505 e. The van der Waals surface area contributed by atoms with E-state index in [-0.39, 0.29) is 34.8 Å². The molecule has 0 aromatic heterocycles. The van der Waals surface area contributed by atoms with Crippen LogP contribution in [0.5, 0.6) is 17.2 Å². The van der Waals surface area contributed by atoms with E-state index in [9.17, 15) is 35.8 Å². The Hall–Kier alpha value is -5.46. The van der Waals surface area contributed by atoms with E-state index in [0.717, 1.165) is 12.5 Å². The summed E-state index contributed by atoms with van der Waals surface area (Å²) in [5, 5.41) is 24.5. The molecule has 17 nitrogen and oxygen atoms in total. The van der Waals surface area contributed by atoms with Crippen molar-refractivity contribution in [1.29, 1.82) is 0 Å². The molecule has 0 saturated heterocycles. The number of amides is 1. The molecule has 0 bridgehead atoms. The summed E-state index contributed by atoms with van der Waals surface area (Å²) in [5.74, 6) is -0.282. The Morgan fingerprint density at radius 2 is 1.47 bits per heavy atom. The lowest BCUT2D eigenvalue weighted by molar-refractivity contribution is -0.116. The van der Waals surface area contributed by atoms with E-state index in [1.54, 1.807) is 36.4 Å². The molecule has 0 heterocycles. The number of anilines is 2. The Kier molecular flexibility index (Phi) is 11.3. The van der Waals surface area contributed by atoms with Crippen molar-refractivity contribution in [1.82, 2.24) is 0 Å². The quantitative estimate of drug-likeness (QED) is 0.0234. The van der Waals surface area contributed by atoms with Gasteiger partial charge in [0.25, 0.3) is 20.2 Å². The van der Waals surface area contributed by atoms with Gasteiger partial charge in [-0.3, -0.25) is 13.9 Å². The lowest BCUT2D eigenvalue weighted by Crippen LogP contribution is -2.12. The number of nitrogens with zero attached hydrogens (tertiary/aromatic N) is 5. The van der Waals surface area contributed by atoms with E-state index in [0.29, 0.717) is 48.0 Å². The molecule has 19 heteroatoms. The normalized spacial score (nSPS) is 11.8. The number of nitrogens with two attached hydrogens (primary N) is 1. The number of phenols is 1. The Morgan fingerprint density at radius 1 is 0.857 bits per heavy atom. The zero-order valence-corrected chi connectivity index (χ0v) is 27.7. The minimum Gasteiger partial charge on any atom is -0.505 e. The van der Waals surface area contributed by atoms with E-state index < -0.39 is 46.9 Å². The number of ether oxygens (including phenoxy) is 2. The molecule has 0 saturated carbocycles. The van der Waals surface area contributed by atoms with Crippen molar-refractivity contribution >= 4 is 59.7 Å². The fraction of sp³-hybridized carbons (Fsp3) is 0.233. The van der Waals surface area contributed by atoms with Gasteiger partial charge in [-0.05, 0) is 65.9 Å². The standard InChI is InChI=1S/C30H31N7O10S2/c1-46-23-14-17(7-10-20(23)34-27(38)6-4-3-5-13-33-37-32)18-8-11-21(24(15-18)47-2)35-36-22-12-9-19-25(48(40,41)42)16-26(49(43,44)45)29(31)28(19)30(22)39/h7-12,14-16,39H,3-6,13,31H2,1-2H3,(H,34,38)(H,40,41,42)(H,43,44,45). The molecule has 0 radical (unpaired) electrons. The number of hydrogen-bond donors (Lipinski definition) is 5. The summed E-state index contributed by atoms with van der Waals surface area (Å²) in [5.41, 5.74) is 15.4. The molecular weight excluding hydrogens is 683 g/mol. The first-order valence-electron chi connectivity index (χ1n) is 14.3. The van der Waals surface area contributed by atoms with Gasteiger partial charge in [0, 0.05) is 23.3 Å². The number of nitrogens with one attached hydrogen (secondary N) is 1. The van der Waals surface area contributed by atoms with Crippen LogP contribution in [0.1, 0.15) is 25.7 Å². The number of hydrogen-bond acceptors (Lipinski definition) is 12. The molecule has 0 fully saturated rings. The Labute approximate surface area is 280 Å². The molecular formula is C30H31N7O10S2. The average molecular weight is 714 g/mol. The number of methoxy groups -OCH3 is 2. The van der Waals surface area contributed by atoms with Gasteiger partial charge in [-0.25, -0.2) is 0 Å². The maximum absolute atomic E-state index is 12.4. The van der Waals surface area contributed by atoms with Gasteiger partial charge in [0.05, 0.1) is 31.0 Å². The SMILES string of the molecule is COc1cc(-c2ccc(NC(=O)CCCCCN=[N+]=[N-])c(OC)c2)ccc1N=Nc1ccc2c(S(=O)(=O)O)cc(S(=O)(=O)O)c(N)c2c1O. The summed E-state index contributed by atoms with van der Waals surface area (Å²) < 4.78 is 77.9. The minimum atomic E-state index is -5.07. The summed E-state index contributed by atoms with van der Waals surface area (Å²) in [6, 6.07) is 12.9. The Bertz CT molecular complexity index is 2220. The van der Waals surface area contributed by atoms with Gasteiger partial charge in [-0.1, -0.05) is 29.7 Å². The highest BCUT2D eigenvalue weighted by molar-refractivity contribution is 7.87. The number of benzene rings is 4. The van der Waals surface area contributed by atoms with Gasteiger partial charge >= 0.3 is 0 Å². The molecule has 0 spiro atoms. The number of phenolic OH excluding ortho intramolecular Hbond substituents is 1. The summed E-state index contributed by atoms with van der Waals surface area (Å²) in [6.07, 6.45) is 2.36. The van der Waals surface area contributed by atoms with E-state index in [2.05, 4.69) is 25.6 Å². The predicted molar refractivity (Wildman–Crippen MR) is 180 cm³/mol. The monoisotopic (exact) mass is 713 g/mol. The highest BCUT2D eigenvalue weighted by Crippen LogP contribution is 2.44. The molecule has 0 aliphatic rings. The molecule has 0 unspecified atom stereocenters. The van der Waals surface area contributed by atoms with Crippen molar-refractivity contribution in [2.24, 2.45) is 15.3 Å². The second-order valence-electron chi connectivity index (χ2n) is 10.4. The first kappa shape index (κ1) is 36.4. The van der Waals surface area contributed by atoms with E-state index in [1.807, 2.05) is 0 Å². The lowest BCUT2D eigenvalue weighted by atomic mass is 10.0. The topological polar surface area (TPSA) is 276 Å². The first-order chi connectivity index (χ1) is 23.2. The summed E-state index contributed by atoms with van der Waals surface area (Å²) in [4.78, 5) is 13.2. The van der Waals surface area contributed by atoms with Crippen LogP contribution in [0.15, 0.2) is 79.7 Å². The molecule has 4 rings (SSSR count). The molecule has 0 aliphatic heterocycles. The van der Waals surface area contributed by atoms with Crippen LogP contribution >= 0.6 is 0 Å². The van der Waals surface area contributed by atoms with Gasteiger partial charge in [0.15, 0.2) is 5.75 Å². The highest BCUT2D eigenvalue weighted by atomic mass is 32.2. The van der Waals surface area contributed by atoms with Crippen LogP contribution in [-0.2, 0) is 25.0 Å². The number of nitrogen functional groups attached to an aromatic ring is 1. The van der Waals surface area contributed by atoms with Gasteiger partial charge in [-0.2, -0.15) is 16.8 Å². The number of azide groups is 1.